The van der Waals surface area contributed by atoms with Crippen molar-refractivity contribution in [2.75, 3.05) is 13.2 Å². The lowest BCUT2D eigenvalue weighted by Crippen LogP contribution is -2.61. The molecule has 0 spiro atoms. The van der Waals surface area contributed by atoms with Gasteiger partial charge in [0, 0.05) is 19.3 Å². The molecule has 12 nitrogen and oxygen atoms in total. The van der Waals surface area contributed by atoms with Gasteiger partial charge >= 0.3 is 23.9 Å². The van der Waals surface area contributed by atoms with Crippen LogP contribution in [0.4, 0.5) is 0 Å². The number of carbonyl (C=O) groups is 4. The summed E-state index contributed by atoms with van der Waals surface area (Å²) in [4.78, 5) is 51.5. The van der Waals surface area contributed by atoms with Crippen LogP contribution in [-0.4, -0.2) is 89.2 Å². The van der Waals surface area contributed by atoms with E-state index in [1.54, 1.807) is 0 Å². The Morgan fingerprint density at radius 2 is 0.706 bits per heavy atom. The summed E-state index contributed by atoms with van der Waals surface area (Å²) in [6.07, 6.45) is 61.3. The van der Waals surface area contributed by atoms with E-state index in [0.29, 0.717) is 19.3 Å². The zero-order valence-corrected chi connectivity index (χ0v) is 55.4. The standard InChI is InChI=1S/C73H134O12/c1-4-7-10-13-16-19-22-25-28-31-33-36-38-41-44-47-50-53-56-59-65(74)81-62-64(83-66(75)60-57-54-51-48-45-42-40-37-34-32-29-26-23-20-17-14-11-8-5-2)63-82-73-71(69(78)68(77)70(85-73)72(79)80)84-67(76)61-58-55-52-49-46-43-39-35-30-27-24-21-18-15-12-9-6-3/h16,19,25,28,64,68-71,73,77-78H,4-15,17-18,20-24,26-27,29-63H2,1-3H3,(H,79,80)/b19-16-,28-25-. The van der Waals surface area contributed by atoms with Crippen LogP contribution in [0.3, 0.4) is 0 Å². The maximum Gasteiger partial charge on any atom is 0.335 e. The van der Waals surface area contributed by atoms with Crippen molar-refractivity contribution in [1.82, 2.24) is 0 Å². The van der Waals surface area contributed by atoms with E-state index in [0.717, 1.165) is 70.6 Å². The average Bonchev–Trinajstić information content (AvgIpc) is 3.46. The van der Waals surface area contributed by atoms with Crippen LogP contribution in [0.5, 0.6) is 0 Å². The second kappa shape index (κ2) is 61.4. The summed E-state index contributed by atoms with van der Waals surface area (Å²) in [5.74, 6) is -3.07. The molecule has 1 fully saturated rings. The largest absolute Gasteiger partial charge is 0.479 e. The number of aliphatic hydroxyl groups is 2. The molecule has 1 heterocycles. The zero-order valence-electron chi connectivity index (χ0n) is 55.4. The number of carboxylic acid groups (broad SMARTS) is 1. The second-order valence-corrected chi connectivity index (χ2v) is 25.2. The van der Waals surface area contributed by atoms with Gasteiger partial charge in [0.1, 0.15) is 18.8 Å². The van der Waals surface area contributed by atoms with Gasteiger partial charge in [-0.15, -0.1) is 0 Å². The fourth-order valence-corrected chi connectivity index (χ4v) is 11.5. The zero-order chi connectivity index (χ0) is 61.7. The fourth-order valence-electron chi connectivity index (χ4n) is 11.5. The molecule has 0 bridgehead atoms. The number of rotatable bonds is 64. The van der Waals surface area contributed by atoms with Gasteiger partial charge in [0.25, 0.3) is 0 Å². The SMILES string of the molecule is CCCCC/C=C\C/C=C\CCCCCCCCCCCC(=O)OCC(COC1OC(C(=O)O)C(O)C(O)C1OC(=O)CCCCCCCCCCCCCCCCCCC)OC(=O)CCCCCCCCCCCCCCCCCCCCC. The number of hydrogen-bond donors (Lipinski definition) is 3. The van der Waals surface area contributed by atoms with E-state index in [1.165, 1.54) is 238 Å². The van der Waals surface area contributed by atoms with Crippen LogP contribution in [0, 0.1) is 0 Å². The molecule has 0 aromatic heterocycles. The Morgan fingerprint density at radius 3 is 1.08 bits per heavy atom. The molecule has 0 aromatic rings. The van der Waals surface area contributed by atoms with Crippen molar-refractivity contribution in [1.29, 1.82) is 0 Å². The average molecular weight is 1200 g/mol. The summed E-state index contributed by atoms with van der Waals surface area (Å²) in [7, 11) is 0. The molecule has 0 amide bonds. The Kier molecular flexibility index (Phi) is 58.0. The molecular formula is C73H134O12. The second-order valence-electron chi connectivity index (χ2n) is 25.2. The number of ether oxygens (including phenoxy) is 5. The van der Waals surface area contributed by atoms with E-state index in [-0.39, 0.29) is 25.9 Å². The minimum Gasteiger partial charge on any atom is -0.479 e. The van der Waals surface area contributed by atoms with Crippen LogP contribution in [0.25, 0.3) is 0 Å². The van der Waals surface area contributed by atoms with E-state index in [1.807, 2.05) is 0 Å². The first-order valence-electron chi connectivity index (χ1n) is 36.3. The lowest BCUT2D eigenvalue weighted by atomic mass is 9.98. The molecule has 12 heteroatoms. The highest BCUT2D eigenvalue weighted by molar-refractivity contribution is 5.74. The molecule has 0 aliphatic carbocycles. The lowest BCUT2D eigenvalue weighted by Gasteiger charge is -2.40. The monoisotopic (exact) mass is 1200 g/mol. The summed E-state index contributed by atoms with van der Waals surface area (Å²) >= 11 is 0. The number of aliphatic hydroxyl groups excluding tert-OH is 2. The van der Waals surface area contributed by atoms with Gasteiger partial charge < -0.3 is 39.0 Å². The Morgan fingerprint density at radius 1 is 0.388 bits per heavy atom. The van der Waals surface area contributed by atoms with Gasteiger partial charge in [0.15, 0.2) is 24.6 Å². The molecule has 1 saturated heterocycles. The van der Waals surface area contributed by atoms with Gasteiger partial charge in [-0.25, -0.2) is 4.79 Å². The number of carboxylic acids is 1. The molecule has 6 unspecified atom stereocenters. The van der Waals surface area contributed by atoms with Crippen molar-refractivity contribution in [3.63, 3.8) is 0 Å². The van der Waals surface area contributed by atoms with Crippen molar-refractivity contribution in [3.8, 4) is 0 Å². The normalized spacial score (nSPS) is 17.5. The maximum atomic E-state index is 13.3. The molecule has 498 valence electrons. The molecule has 3 N–H and O–H groups in total. The fraction of sp³-hybridized carbons (Fsp3) is 0.890. The first-order valence-corrected chi connectivity index (χ1v) is 36.3. The smallest absolute Gasteiger partial charge is 0.335 e. The van der Waals surface area contributed by atoms with Crippen LogP contribution in [0.15, 0.2) is 24.3 Å². The van der Waals surface area contributed by atoms with Crippen LogP contribution < -0.4 is 0 Å². The van der Waals surface area contributed by atoms with Gasteiger partial charge in [0.05, 0.1) is 6.61 Å². The van der Waals surface area contributed by atoms with Crippen molar-refractivity contribution < 1.29 is 58.2 Å². The van der Waals surface area contributed by atoms with E-state index >= 15 is 0 Å². The van der Waals surface area contributed by atoms with Gasteiger partial charge in [-0.3, -0.25) is 14.4 Å². The maximum absolute atomic E-state index is 13.3. The number of hydrogen-bond acceptors (Lipinski definition) is 11. The highest BCUT2D eigenvalue weighted by Gasteiger charge is 2.50. The molecule has 0 saturated carbocycles. The van der Waals surface area contributed by atoms with Crippen LogP contribution in [0.2, 0.25) is 0 Å². The van der Waals surface area contributed by atoms with Gasteiger partial charge in [0.2, 0.25) is 0 Å². The first-order chi connectivity index (χ1) is 41.6. The summed E-state index contributed by atoms with van der Waals surface area (Å²) < 4.78 is 28.7. The predicted molar refractivity (Wildman–Crippen MR) is 350 cm³/mol. The third-order valence-electron chi connectivity index (χ3n) is 17.0. The van der Waals surface area contributed by atoms with Crippen molar-refractivity contribution in [3.05, 3.63) is 24.3 Å². The topological polar surface area (TPSA) is 175 Å². The van der Waals surface area contributed by atoms with E-state index < -0.39 is 67.3 Å². The summed E-state index contributed by atoms with van der Waals surface area (Å²) in [6, 6.07) is 0. The molecule has 85 heavy (non-hydrogen) atoms. The number of carbonyl (C=O) groups excluding carboxylic acids is 3. The minimum atomic E-state index is -1.90. The number of aliphatic carboxylic acids is 1. The molecular weight excluding hydrogens is 1070 g/mol. The Balaban J connectivity index is 2.60. The first kappa shape index (κ1) is 80.2. The van der Waals surface area contributed by atoms with Gasteiger partial charge in [-0.05, 0) is 51.4 Å². The van der Waals surface area contributed by atoms with E-state index in [9.17, 15) is 34.5 Å². The Hall–Kier alpha value is -2.80. The van der Waals surface area contributed by atoms with E-state index in [2.05, 4.69) is 45.1 Å². The van der Waals surface area contributed by atoms with E-state index in [4.69, 9.17) is 23.7 Å². The summed E-state index contributed by atoms with van der Waals surface area (Å²) in [5.41, 5.74) is 0. The molecule has 6 atom stereocenters. The number of allylic oxidation sites excluding steroid dienone is 4. The predicted octanol–water partition coefficient (Wildman–Crippen LogP) is 20.1. The third-order valence-corrected chi connectivity index (χ3v) is 17.0. The number of unbranched alkanes of at least 4 members (excludes halogenated alkanes) is 46. The highest BCUT2D eigenvalue weighted by Crippen LogP contribution is 2.27. The van der Waals surface area contributed by atoms with Crippen LogP contribution in [-0.2, 0) is 42.9 Å². The molecule has 1 rings (SSSR count). The van der Waals surface area contributed by atoms with Crippen molar-refractivity contribution in [2.45, 2.75) is 404 Å². The molecule has 0 aromatic carbocycles. The molecule has 0 radical (unpaired) electrons. The Bertz CT molecular complexity index is 1570. The Labute approximate surface area is 521 Å². The van der Waals surface area contributed by atoms with Crippen LogP contribution in [0.1, 0.15) is 367 Å². The number of esters is 3. The van der Waals surface area contributed by atoms with Crippen LogP contribution >= 0.6 is 0 Å². The van der Waals surface area contributed by atoms with Crippen molar-refractivity contribution in [2.24, 2.45) is 0 Å². The van der Waals surface area contributed by atoms with Gasteiger partial charge in [-0.1, -0.05) is 321 Å². The lowest BCUT2D eigenvalue weighted by molar-refractivity contribution is -0.301. The van der Waals surface area contributed by atoms with Gasteiger partial charge in [-0.2, -0.15) is 0 Å². The third kappa shape index (κ3) is 50.7. The summed E-state index contributed by atoms with van der Waals surface area (Å²) in [5, 5.41) is 31.7. The molecule has 1 aliphatic heterocycles. The minimum absolute atomic E-state index is 0.0684. The van der Waals surface area contributed by atoms with Crippen molar-refractivity contribution >= 4 is 23.9 Å². The molecule has 1 aliphatic rings. The quantitative estimate of drug-likeness (QED) is 0.0228. The highest BCUT2D eigenvalue weighted by atomic mass is 16.7. The summed E-state index contributed by atoms with van der Waals surface area (Å²) in [6.45, 7) is 6.06.